The molecular weight excluding hydrogens is 440 g/mol. The fraction of sp³-hybridized carbons (Fsp3) is 0.481. The summed E-state index contributed by atoms with van der Waals surface area (Å²) in [5.74, 6) is 0.351. The Balaban J connectivity index is 1.32. The van der Waals surface area contributed by atoms with E-state index in [0.717, 1.165) is 44.6 Å². The van der Waals surface area contributed by atoms with Crippen LogP contribution in [0, 0.1) is 5.92 Å². The van der Waals surface area contributed by atoms with Crippen molar-refractivity contribution in [2.24, 2.45) is 5.92 Å². The molecule has 0 aliphatic carbocycles. The van der Waals surface area contributed by atoms with E-state index < -0.39 is 0 Å². The van der Waals surface area contributed by atoms with E-state index in [1.165, 1.54) is 19.3 Å². The SMILES string of the molecule is O=C(NCCN1CCCCC1)C1CCCN(c2nc3cccnc3n(Cc3ccccc3)c2=O)C1. The van der Waals surface area contributed by atoms with Gasteiger partial charge in [-0.1, -0.05) is 36.8 Å². The van der Waals surface area contributed by atoms with E-state index in [2.05, 4.69) is 15.2 Å². The van der Waals surface area contributed by atoms with Gasteiger partial charge in [0, 0.05) is 32.4 Å². The van der Waals surface area contributed by atoms with E-state index in [4.69, 9.17) is 4.98 Å². The van der Waals surface area contributed by atoms with Crippen molar-refractivity contribution in [3.63, 3.8) is 0 Å². The number of likely N-dealkylation sites (tertiary alicyclic amines) is 1. The standard InChI is InChI=1S/C27H34N6O2/c34-26(29-14-18-31-15-5-2-6-16-31)22-11-8-17-32(20-22)25-27(35)33(19-21-9-3-1-4-10-21)24-23(30-25)12-7-13-28-24/h1,3-4,7,9-10,12-13,22H,2,5-6,8,11,14-20H2,(H,29,34). The van der Waals surface area contributed by atoms with E-state index in [0.29, 0.717) is 36.6 Å². The van der Waals surface area contributed by atoms with Crippen molar-refractivity contribution in [3.8, 4) is 0 Å². The highest BCUT2D eigenvalue weighted by atomic mass is 16.2. The molecular formula is C27H34N6O2. The van der Waals surface area contributed by atoms with Gasteiger partial charge in [0.1, 0.15) is 5.52 Å². The van der Waals surface area contributed by atoms with Crippen LogP contribution in [-0.4, -0.2) is 64.6 Å². The predicted octanol–water partition coefficient (Wildman–Crippen LogP) is 2.66. The zero-order valence-electron chi connectivity index (χ0n) is 20.2. The first kappa shape index (κ1) is 23.5. The molecule has 8 heteroatoms. The molecule has 1 aromatic carbocycles. The second kappa shape index (κ2) is 11.0. The molecule has 0 saturated carbocycles. The number of hydrogen-bond donors (Lipinski definition) is 1. The second-order valence-electron chi connectivity index (χ2n) is 9.64. The van der Waals surface area contributed by atoms with Crippen LogP contribution >= 0.6 is 0 Å². The van der Waals surface area contributed by atoms with Gasteiger partial charge in [-0.3, -0.25) is 14.2 Å². The largest absolute Gasteiger partial charge is 0.355 e. The first-order valence-corrected chi connectivity index (χ1v) is 12.8. The van der Waals surface area contributed by atoms with Crippen molar-refractivity contribution in [1.82, 2.24) is 24.8 Å². The van der Waals surface area contributed by atoms with Crippen LogP contribution in [0.15, 0.2) is 53.5 Å². The van der Waals surface area contributed by atoms with E-state index in [-0.39, 0.29) is 17.4 Å². The summed E-state index contributed by atoms with van der Waals surface area (Å²) in [4.78, 5) is 40.2. The average Bonchev–Trinajstić information content (AvgIpc) is 2.91. The molecule has 1 amide bonds. The Morgan fingerprint density at radius 2 is 1.83 bits per heavy atom. The van der Waals surface area contributed by atoms with Gasteiger partial charge in [-0.05, 0) is 56.5 Å². The highest BCUT2D eigenvalue weighted by molar-refractivity contribution is 5.79. The number of nitrogens with one attached hydrogen (secondary N) is 1. The molecule has 0 radical (unpaired) electrons. The van der Waals surface area contributed by atoms with Crippen molar-refractivity contribution in [1.29, 1.82) is 0 Å². The van der Waals surface area contributed by atoms with Crippen molar-refractivity contribution < 1.29 is 4.79 Å². The molecule has 5 rings (SSSR count). The molecule has 2 saturated heterocycles. The van der Waals surface area contributed by atoms with E-state index in [1.54, 1.807) is 10.8 Å². The molecule has 184 valence electrons. The molecule has 2 aliphatic heterocycles. The van der Waals surface area contributed by atoms with Gasteiger partial charge in [0.15, 0.2) is 11.5 Å². The van der Waals surface area contributed by atoms with Gasteiger partial charge in [-0.25, -0.2) is 9.97 Å². The number of carbonyl (C=O) groups excluding carboxylic acids is 1. The molecule has 2 aromatic heterocycles. The van der Waals surface area contributed by atoms with Gasteiger partial charge in [0.25, 0.3) is 5.56 Å². The molecule has 0 spiro atoms. The predicted molar refractivity (Wildman–Crippen MR) is 138 cm³/mol. The van der Waals surface area contributed by atoms with E-state index in [9.17, 15) is 9.59 Å². The Kier molecular flexibility index (Phi) is 7.37. The number of nitrogens with zero attached hydrogens (tertiary/aromatic N) is 5. The molecule has 1 unspecified atom stereocenters. The number of aromatic nitrogens is 3. The van der Waals surface area contributed by atoms with Crippen LogP contribution in [0.1, 0.15) is 37.7 Å². The first-order chi connectivity index (χ1) is 17.2. The summed E-state index contributed by atoms with van der Waals surface area (Å²) in [5, 5.41) is 3.14. The first-order valence-electron chi connectivity index (χ1n) is 12.8. The lowest BCUT2D eigenvalue weighted by molar-refractivity contribution is -0.125. The summed E-state index contributed by atoms with van der Waals surface area (Å²) in [6, 6.07) is 13.6. The topological polar surface area (TPSA) is 83.4 Å². The monoisotopic (exact) mass is 474 g/mol. The van der Waals surface area contributed by atoms with Gasteiger partial charge in [-0.2, -0.15) is 0 Å². The maximum atomic E-state index is 13.6. The van der Waals surface area contributed by atoms with Gasteiger partial charge in [0.2, 0.25) is 5.91 Å². The van der Waals surface area contributed by atoms with Crippen LogP contribution < -0.4 is 15.8 Å². The normalized spacial score (nSPS) is 19.1. The van der Waals surface area contributed by atoms with Crippen LogP contribution in [0.25, 0.3) is 11.2 Å². The molecule has 1 N–H and O–H groups in total. The Hall–Kier alpha value is -3.26. The second-order valence-corrected chi connectivity index (χ2v) is 9.64. The molecule has 2 aliphatic rings. The lowest BCUT2D eigenvalue weighted by atomic mass is 9.97. The fourth-order valence-electron chi connectivity index (χ4n) is 5.23. The lowest BCUT2D eigenvalue weighted by Gasteiger charge is -2.33. The molecule has 0 bridgehead atoms. The van der Waals surface area contributed by atoms with Gasteiger partial charge in [0.05, 0.1) is 12.5 Å². The van der Waals surface area contributed by atoms with Crippen molar-refractivity contribution in [2.45, 2.75) is 38.6 Å². The van der Waals surface area contributed by atoms with Crippen LogP contribution in [-0.2, 0) is 11.3 Å². The Bertz CT molecular complexity index is 1210. The number of rotatable bonds is 7. The fourth-order valence-corrected chi connectivity index (χ4v) is 5.23. The Labute approximate surface area is 206 Å². The maximum absolute atomic E-state index is 13.6. The number of piperidine rings is 2. The zero-order chi connectivity index (χ0) is 24.0. The van der Waals surface area contributed by atoms with Crippen molar-refractivity contribution >= 4 is 22.9 Å². The lowest BCUT2D eigenvalue weighted by Crippen LogP contribution is -2.47. The highest BCUT2D eigenvalue weighted by Gasteiger charge is 2.29. The van der Waals surface area contributed by atoms with Gasteiger partial charge < -0.3 is 15.1 Å². The highest BCUT2D eigenvalue weighted by Crippen LogP contribution is 2.22. The van der Waals surface area contributed by atoms with Crippen LogP contribution in [0.3, 0.4) is 0 Å². The number of fused-ring (bicyclic) bond motifs is 1. The summed E-state index contributed by atoms with van der Waals surface area (Å²) in [6.07, 6.45) is 7.19. The number of carbonyl (C=O) groups is 1. The third-order valence-corrected chi connectivity index (χ3v) is 7.14. The summed E-state index contributed by atoms with van der Waals surface area (Å²) in [7, 11) is 0. The van der Waals surface area contributed by atoms with Crippen LogP contribution in [0.5, 0.6) is 0 Å². The van der Waals surface area contributed by atoms with Crippen LogP contribution in [0.4, 0.5) is 5.82 Å². The minimum atomic E-state index is -0.161. The number of amides is 1. The molecule has 2 fully saturated rings. The van der Waals surface area contributed by atoms with Crippen molar-refractivity contribution in [2.75, 3.05) is 44.2 Å². The van der Waals surface area contributed by atoms with E-state index in [1.807, 2.05) is 47.4 Å². The zero-order valence-corrected chi connectivity index (χ0v) is 20.2. The smallest absolute Gasteiger partial charge is 0.295 e. The number of pyridine rings is 1. The number of hydrogen-bond acceptors (Lipinski definition) is 6. The molecule has 4 heterocycles. The van der Waals surface area contributed by atoms with Crippen molar-refractivity contribution in [3.05, 3.63) is 64.6 Å². The Morgan fingerprint density at radius 3 is 2.66 bits per heavy atom. The number of benzene rings is 1. The van der Waals surface area contributed by atoms with Gasteiger partial charge in [-0.15, -0.1) is 0 Å². The minimum Gasteiger partial charge on any atom is -0.355 e. The summed E-state index contributed by atoms with van der Waals surface area (Å²) in [5.41, 5.74) is 2.13. The molecule has 35 heavy (non-hydrogen) atoms. The molecule has 1 atom stereocenters. The third kappa shape index (κ3) is 5.53. The summed E-state index contributed by atoms with van der Waals surface area (Å²) >= 11 is 0. The summed E-state index contributed by atoms with van der Waals surface area (Å²) < 4.78 is 1.70. The van der Waals surface area contributed by atoms with E-state index >= 15 is 0 Å². The average molecular weight is 475 g/mol. The molecule has 8 nitrogen and oxygen atoms in total. The van der Waals surface area contributed by atoms with Gasteiger partial charge >= 0.3 is 0 Å². The Morgan fingerprint density at radius 1 is 1.00 bits per heavy atom. The maximum Gasteiger partial charge on any atom is 0.295 e. The quantitative estimate of drug-likeness (QED) is 0.567. The number of anilines is 1. The third-order valence-electron chi connectivity index (χ3n) is 7.14. The summed E-state index contributed by atoms with van der Waals surface area (Å²) in [6.45, 7) is 5.50. The minimum absolute atomic E-state index is 0.0822. The van der Waals surface area contributed by atoms with Crippen LogP contribution in [0.2, 0.25) is 0 Å². The molecule has 3 aromatic rings.